The van der Waals surface area contributed by atoms with Crippen molar-refractivity contribution in [3.05, 3.63) is 40.9 Å². The van der Waals surface area contributed by atoms with Gasteiger partial charge in [-0.2, -0.15) is 0 Å². The van der Waals surface area contributed by atoms with Crippen molar-refractivity contribution in [3.8, 4) is 5.69 Å². The summed E-state index contributed by atoms with van der Waals surface area (Å²) in [6.45, 7) is 2.47. The van der Waals surface area contributed by atoms with E-state index in [0.717, 1.165) is 43.7 Å². The molecule has 148 valence electrons. The highest BCUT2D eigenvalue weighted by molar-refractivity contribution is 6.30. The van der Waals surface area contributed by atoms with Crippen molar-refractivity contribution in [2.24, 2.45) is 11.3 Å². The largest absolute Gasteiger partial charge is 0.370 e. The van der Waals surface area contributed by atoms with E-state index in [-0.39, 0.29) is 34.3 Å². The third-order valence-electron chi connectivity index (χ3n) is 6.73. The van der Waals surface area contributed by atoms with Gasteiger partial charge in [0.05, 0.1) is 28.7 Å². The zero-order valence-electron chi connectivity index (χ0n) is 15.8. The highest BCUT2D eigenvalue weighted by atomic mass is 35.5. The first-order valence-electron chi connectivity index (χ1n) is 9.88. The summed E-state index contributed by atoms with van der Waals surface area (Å²) in [7, 11) is 0. The van der Waals surface area contributed by atoms with Crippen LogP contribution in [0.25, 0.3) is 5.69 Å². The fraction of sp³-hybridized carbons (Fsp3) is 0.571. The van der Waals surface area contributed by atoms with Gasteiger partial charge in [0.1, 0.15) is 12.4 Å². The van der Waals surface area contributed by atoms with Crippen molar-refractivity contribution in [2.75, 3.05) is 6.61 Å². The number of hydrogen-bond acceptors (Lipinski definition) is 4. The number of aromatic nitrogens is 3. The second kappa shape index (κ2) is 6.36. The van der Waals surface area contributed by atoms with E-state index in [0.29, 0.717) is 12.1 Å². The molecule has 5 nitrogen and oxygen atoms in total. The molecule has 0 aliphatic heterocycles. The Morgan fingerprint density at radius 3 is 2.79 bits per heavy atom. The molecule has 1 aromatic heterocycles. The predicted octanol–water partition coefficient (Wildman–Crippen LogP) is 4.26. The van der Waals surface area contributed by atoms with Crippen LogP contribution in [0.2, 0.25) is 5.02 Å². The van der Waals surface area contributed by atoms with E-state index in [2.05, 4.69) is 17.2 Å². The van der Waals surface area contributed by atoms with Crippen LogP contribution in [0.15, 0.2) is 24.4 Å². The standard InChI is InChI=1S/C21H23ClFN3O2/c1-13-4-16(5-13)28-9-15(27)7-20-10-21(11-20,12-20)19-8-26(25-24-19)14-2-3-17(22)18(23)6-14/h2-3,6,8,13,16H,4-5,7,9-12H2,1H3. The quantitative estimate of drug-likeness (QED) is 0.693. The molecular weight excluding hydrogens is 381 g/mol. The molecule has 4 aliphatic rings. The Balaban J connectivity index is 1.16. The molecule has 7 heteroatoms. The molecule has 0 unspecified atom stereocenters. The van der Waals surface area contributed by atoms with Gasteiger partial charge >= 0.3 is 0 Å². The zero-order chi connectivity index (χ0) is 19.5. The number of carbonyl (C=O) groups excluding carboxylic acids is 1. The second-order valence-corrected chi connectivity index (χ2v) is 9.59. The van der Waals surface area contributed by atoms with Crippen LogP contribution in [0.4, 0.5) is 4.39 Å². The van der Waals surface area contributed by atoms with E-state index < -0.39 is 5.82 Å². The summed E-state index contributed by atoms with van der Waals surface area (Å²) in [5.41, 5.74) is 1.69. The lowest BCUT2D eigenvalue weighted by Gasteiger charge is -2.70. The highest BCUT2D eigenvalue weighted by Crippen LogP contribution is 2.74. The molecule has 1 heterocycles. The maximum Gasteiger partial charge on any atom is 0.159 e. The molecule has 2 bridgehead atoms. The Morgan fingerprint density at radius 1 is 1.36 bits per heavy atom. The molecule has 1 aromatic carbocycles. The molecule has 0 spiro atoms. The van der Waals surface area contributed by atoms with Gasteiger partial charge in [-0.1, -0.05) is 23.7 Å². The Bertz CT molecular complexity index is 918. The predicted molar refractivity (Wildman–Crippen MR) is 102 cm³/mol. The number of ketones is 1. The molecule has 4 fully saturated rings. The molecule has 0 atom stereocenters. The average Bonchev–Trinajstić information content (AvgIpc) is 3.05. The van der Waals surface area contributed by atoms with Gasteiger partial charge in [0.15, 0.2) is 5.78 Å². The van der Waals surface area contributed by atoms with Crippen molar-refractivity contribution in [2.45, 2.75) is 57.0 Å². The van der Waals surface area contributed by atoms with Gasteiger partial charge in [0.25, 0.3) is 0 Å². The van der Waals surface area contributed by atoms with Crippen molar-refractivity contribution >= 4 is 17.4 Å². The van der Waals surface area contributed by atoms with Crippen LogP contribution in [-0.4, -0.2) is 33.5 Å². The third kappa shape index (κ3) is 2.98. The molecule has 28 heavy (non-hydrogen) atoms. The maximum absolute atomic E-state index is 13.7. The minimum Gasteiger partial charge on any atom is -0.370 e. The Morgan fingerprint density at radius 2 is 2.11 bits per heavy atom. The molecule has 2 aromatic rings. The van der Waals surface area contributed by atoms with E-state index in [4.69, 9.17) is 16.3 Å². The summed E-state index contributed by atoms with van der Waals surface area (Å²) in [4.78, 5) is 12.3. The smallest absolute Gasteiger partial charge is 0.159 e. The number of Topliss-reactive ketones (excluding diaryl/α,β-unsaturated/α-hetero) is 1. The minimum atomic E-state index is -0.474. The molecule has 0 amide bonds. The van der Waals surface area contributed by atoms with Gasteiger partial charge in [-0.05, 0) is 55.6 Å². The van der Waals surface area contributed by atoms with Crippen LogP contribution in [0.1, 0.15) is 51.1 Å². The number of benzene rings is 1. The van der Waals surface area contributed by atoms with Gasteiger partial charge in [0.2, 0.25) is 0 Å². The summed E-state index contributed by atoms with van der Waals surface area (Å²) in [5.74, 6) is 0.473. The van der Waals surface area contributed by atoms with Crippen LogP contribution in [0, 0.1) is 17.2 Å². The fourth-order valence-electron chi connectivity index (χ4n) is 5.36. The van der Waals surface area contributed by atoms with E-state index in [1.54, 1.807) is 10.7 Å². The number of ether oxygens (including phenoxy) is 1. The summed E-state index contributed by atoms with van der Waals surface area (Å²) < 4.78 is 21.0. The van der Waals surface area contributed by atoms with Crippen LogP contribution < -0.4 is 0 Å². The third-order valence-corrected chi connectivity index (χ3v) is 7.03. The first kappa shape index (κ1) is 18.3. The molecule has 0 N–H and O–H groups in total. The van der Waals surface area contributed by atoms with E-state index in [9.17, 15) is 9.18 Å². The Kier molecular flexibility index (Phi) is 4.14. The van der Waals surface area contributed by atoms with Crippen molar-refractivity contribution < 1.29 is 13.9 Å². The van der Waals surface area contributed by atoms with Gasteiger partial charge in [0, 0.05) is 17.9 Å². The van der Waals surface area contributed by atoms with Crippen LogP contribution in [0.5, 0.6) is 0 Å². The Labute approximate surface area is 168 Å². The summed E-state index contributed by atoms with van der Waals surface area (Å²) in [5, 5.41) is 8.56. The van der Waals surface area contributed by atoms with Gasteiger partial charge in [-0.25, -0.2) is 9.07 Å². The minimum absolute atomic E-state index is 0.0355. The lowest BCUT2D eigenvalue weighted by molar-refractivity contribution is -0.164. The van der Waals surface area contributed by atoms with E-state index in [1.807, 2.05) is 6.20 Å². The number of nitrogens with zero attached hydrogens (tertiary/aromatic N) is 3. The number of carbonyl (C=O) groups is 1. The first-order chi connectivity index (χ1) is 13.4. The molecular formula is C21H23ClFN3O2. The molecule has 6 rings (SSSR count). The van der Waals surface area contributed by atoms with Crippen molar-refractivity contribution in [3.63, 3.8) is 0 Å². The van der Waals surface area contributed by atoms with Gasteiger partial charge in [-0.15, -0.1) is 5.10 Å². The topological polar surface area (TPSA) is 57.0 Å². The van der Waals surface area contributed by atoms with Gasteiger partial charge < -0.3 is 4.74 Å². The summed E-state index contributed by atoms with van der Waals surface area (Å²) in [6.07, 6.45) is 7.83. The summed E-state index contributed by atoms with van der Waals surface area (Å²) in [6, 6.07) is 4.59. The molecule has 4 aliphatic carbocycles. The number of rotatable bonds is 7. The Hall–Kier alpha value is -1.79. The van der Waals surface area contributed by atoms with Crippen LogP contribution >= 0.6 is 11.6 Å². The lowest BCUT2D eigenvalue weighted by atomic mass is 9.33. The highest BCUT2D eigenvalue weighted by Gasteiger charge is 2.69. The lowest BCUT2D eigenvalue weighted by Crippen LogP contribution is -2.65. The monoisotopic (exact) mass is 403 g/mol. The number of hydrogen-bond donors (Lipinski definition) is 0. The SMILES string of the molecule is CC1CC(OCC(=O)CC23CC(c4cn(-c5ccc(Cl)c(F)c5)nn4)(C2)C3)C1. The maximum atomic E-state index is 13.7. The van der Waals surface area contributed by atoms with Gasteiger partial charge in [-0.3, -0.25) is 4.79 Å². The fourth-order valence-corrected chi connectivity index (χ4v) is 5.48. The van der Waals surface area contributed by atoms with Crippen LogP contribution in [0.3, 0.4) is 0 Å². The first-order valence-corrected chi connectivity index (χ1v) is 10.3. The average molecular weight is 404 g/mol. The molecule has 4 saturated carbocycles. The number of halogens is 2. The molecule has 0 saturated heterocycles. The van der Waals surface area contributed by atoms with E-state index >= 15 is 0 Å². The van der Waals surface area contributed by atoms with Crippen molar-refractivity contribution in [1.82, 2.24) is 15.0 Å². The van der Waals surface area contributed by atoms with Crippen molar-refractivity contribution in [1.29, 1.82) is 0 Å². The summed E-state index contributed by atoms with van der Waals surface area (Å²) >= 11 is 5.74. The van der Waals surface area contributed by atoms with E-state index in [1.165, 1.54) is 12.1 Å². The van der Waals surface area contributed by atoms with Crippen LogP contribution in [-0.2, 0) is 14.9 Å². The second-order valence-electron chi connectivity index (χ2n) is 9.18. The zero-order valence-corrected chi connectivity index (χ0v) is 16.6. The molecule has 0 radical (unpaired) electrons. The normalized spacial score (nSPS) is 33.0.